The molecule has 0 saturated heterocycles. The number of benzene rings is 2. The summed E-state index contributed by atoms with van der Waals surface area (Å²) in [5.74, 6) is 6.20. The van der Waals surface area contributed by atoms with Gasteiger partial charge in [-0.15, -0.1) is 0 Å². The van der Waals surface area contributed by atoms with Gasteiger partial charge in [0.25, 0.3) is 0 Å². The summed E-state index contributed by atoms with van der Waals surface area (Å²) >= 11 is 6.31. The van der Waals surface area contributed by atoms with Crippen molar-refractivity contribution in [3.05, 3.63) is 70.9 Å². The van der Waals surface area contributed by atoms with Gasteiger partial charge in [0.15, 0.2) is 6.29 Å². The van der Waals surface area contributed by atoms with Crippen LogP contribution in [0.25, 0.3) is 16.6 Å². The Balaban J connectivity index is 2.01. The molecule has 0 saturated carbocycles. The summed E-state index contributed by atoms with van der Waals surface area (Å²) in [6.07, 6.45) is 2.60. The van der Waals surface area contributed by atoms with E-state index in [4.69, 9.17) is 27.1 Å². The lowest BCUT2D eigenvalue weighted by Crippen LogP contribution is -2.13. The van der Waals surface area contributed by atoms with Crippen LogP contribution in [0.4, 0.5) is 0 Å². The summed E-state index contributed by atoms with van der Waals surface area (Å²) in [5, 5.41) is 1.25. The van der Waals surface area contributed by atoms with Crippen LogP contribution in [0.2, 0.25) is 5.02 Å². The van der Waals surface area contributed by atoms with Crippen molar-refractivity contribution in [2.45, 2.75) is 20.0 Å². The number of aromatic nitrogens is 1. The SMILES string of the molecule is C=C(N=C(ON)c1ccc(OC(C)C)c(Cl)c1)c1cccc2c(C=O)cn(C)c12. The van der Waals surface area contributed by atoms with Crippen LogP contribution in [0, 0.1) is 0 Å². The van der Waals surface area contributed by atoms with Gasteiger partial charge in [-0.3, -0.25) is 4.79 Å². The van der Waals surface area contributed by atoms with Crippen molar-refractivity contribution >= 4 is 40.4 Å². The molecule has 7 heteroatoms. The standard InChI is InChI=1S/C22H22ClN3O3/c1-13(2)28-20-9-8-15(10-19(20)23)22(29-24)25-14(3)17-6-5-7-18-16(12-27)11-26(4)21(17)18/h5-13H,3,24H2,1-2,4H3. The number of ether oxygens (including phenoxy) is 1. The Labute approximate surface area is 174 Å². The molecule has 0 radical (unpaired) electrons. The number of aldehydes is 1. The van der Waals surface area contributed by atoms with Crippen LogP contribution in [0.5, 0.6) is 5.75 Å². The van der Waals surface area contributed by atoms with Gasteiger partial charge < -0.3 is 14.1 Å². The van der Waals surface area contributed by atoms with Crippen LogP contribution in [0.15, 0.2) is 54.2 Å². The zero-order valence-electron chi connectivity index (χ0n) is 16.5. The normalized spacial score (nSPS) is 11.7. The zero-order valence-corrected chi connectivity index (χ0v) is 17.2. The molecule has 3 aromatic rings. The minimum Gasteiger partial charge on any atom is -0.489 e. The zero-order chi connectivity index (χ0) is 21.1. The van der Waals surface area contributed by atoms with Crippen molar-refractivity contribution in [3.63, 3.8) is 0 Å². The van der Waals surface area contributed by atoms with Gasteiger partial charge in [0.05, 0.1) is 22.3 Å². The summed E-state index contributed by atoms with van der Waals surface area (Å²) in [7, 11) is 1.86. The van der Waals surface area contributed by atoms with Gasteiger partial charge in [-0.1, -0.05) is 36.4 Å². The van der Waals surface area contributed by atoms with Gasteiger partial charge in [0.2, 0.25) is 5.90 Å². The average molecular weight is 412 g/mol. The van der Waals surface area contributed by atoms with Crippen molar-refractivity contribution in [2.75, 3.05) is 0 Å². The second kappa shape index (κ2) is 8.51. The van der Waals surface area contributed by atoms with Crippen molar-refractivity contribution in [3.8, 4) is 5.75 Å². The minimum atomic E-state index is -0.000875. The molecule has 0 amide bonds. The summed E-state index contributed by atoms with van der Waals surface area (Å²) in [5.41, 5.74) is 3.23. The van der Waals surface area contributed by atoms with E-state index < -0.39 is 0 Å². The highest BCUT2D eigenvalue weighted by Crippen LogP contribution is 2.30. The number of halogens is 1. The van der Waals surface area contributed by atoms with Crippen molar-refractivity contribution in [1.82, 2.24) is 4.57 Å². The predicted octanol–water partition coefficient (Wildman–Crippen LogP) is 4.74. The number of hydrogen-bond donors (Lipinski definition) is 1. The average Bonchev–Trinajstić information content (AvgIpc) is 3.03. The van der Waals surface area contributed by atoms with Gasteiger partial charge in [-0.2, -0.15) is 5.90 Å². The molecule has 0 unspecified atom stereocenters. The molecule has 2 N–H and O–H groups in total. The first-order valence-electron chi connectivity index (χ1n) is 9.00. The lowest BCUT2D eigenvalue weighted by Gasteiger charge is -2.13. The number of fused-ring (bicyclic) bond motifs is 1. The fourth-order valence-corrected chi connectivity index (χ4v) is 3.38. The molecule has 3 rings (SSSR count). The number of para-hydroxylation sites is 1. The van der Waals surface area contributed by atoms with Crippen LogP contribution < -0.4 is 10.6 Å². The second-order valence-corrected chi connectivity index (χ2v) is 7.22. The van der Waals surface area contributed by atoms with E-state index in [-0.39, 0.29) is 12.0 Å². The Morgan fingerprint density at radius 1 is 1.31 bits per heavy atom. The molecule has 1 heterocycles. The quantitative estimate of drug-likeness (QED) is 0.275. The van der Waals surface area contributed by atoms with Crippen molar-refractivity contribution in [2.24, 2.45) is 17.9 Å². The maximum absolute atomic E-state index is 11.3. The highest BCUT2D eigenvalue weighted by atomic mass is 35.5. The molecule has 0 atom stereocenters. The molecular formula is C22H22ClN3O3. The number of carbonyl (C=O) groups is 1. The Morgan fingerprint density at radius 2 is 2.07 bits per heavy atom. The van der Waals surface area contributed by atoms with E-state index >= 15 is 0 Å². The highest BCUT2D eigenvalue weighted by Gasteiger charge is 2.14. The Kier molecular flexibility index (Phi) is 6.06. The molecule has 0 spiro atoms. The Bertz CT molecular complexity index is 1120. The third-order valence-electron chi connectivity index (χ3n) is 4.36. The van der Waals surface area contributed by atoms with Gasteiger partial charge in [-0.05, 0) is 32.0 Å². The maximum Gasteiger partial charge on any atom is 0.245 e. The summed E-state index contributed by atoms with van der Waals surface area (Å²) in [6.45, 7) is 7.90. The number of nitrogens with two attached hydrogens (primary N) is 1. The van der Waals surface area contributed by atoms with E-state index in [1.165, 1.54) is 0 Å². The third-order valence-corrected chi connectivity index (χ3v) is 4.66. The lowest BCUT2D eigenvalue weighted by atomic mass is 10.1. The first kappa shape index (κ1) is 20.6. The van der Waals surface area contributed by atoms with Gasteiger partial charge in [-0.25, -0.2) is 4.99 Å². The number of nitrogens with zero attached hydrogens (tertiary/aromatic N) is 2. The van der Waals surface area contributed by atoms with Crippen LogP contribution >= 0.6 is 11.6 Å². The molecule has 2 aromatic carbocycles. The first-order chi connectivity index (χ1) is 13.8. The van der Waals surface area contributed by atoms with Crippen molar-refractivity contribution in [1.29, 1.82) is 0 Å². The first-order valence-corrected chi connectivity index (χ1v) is 9.38. The summed E-state index contributed by atoms with van der Waals surface area (Å²) in [4.78, 5) is 20.8. The number of hydrogen-bond acceptors (Lipinski definition) is 5. The van der Waals surface area contributed by atoms with E-state index in [0.29, 0.717) is 27.6 Å². The Hall–Kier alpha value is -3.09. The third kappa shape index (κ3) is 4.18. The fourth-order valence-electron chi connectivity index (χ4n) is 3.15. The van der Waals surface area contributed by atoms with E-state index in [2.05, 4.69) is 11.6 Å². The van der Waals surface area contributed by atoms with E-state index in [1.54, 1.807) is 24.4 Å². The fraction of sp³-hybridized carbons (Fsp3) is 0.182. The molecule has 29 heavy (non-hydrogen) atoms. The van der Waals surface area contributed by atoms with Gasteiger partial charge >= 0.3 is 0 Å². The van der Waals surface area contributed by atoms with E-state index in [9.17, 15) is 4.79 Å². The largest absolute Gasteiger partial charge is 0.489 e. The number of rotatable bonds is 6. The summed E-state index contributed by atoms with van der Waals surface area (Å²) in [6, 6.07) is 10.8. The Morgan fingerprint density at radius 3 is 2.69 bits per heavy atom. The number of carbonyl (C=O) groups excluding carboxylic acids is 1. The molecule has 150 valence electrons. The van der Waals surface area contributed by atoms with Crippen molar-refractivity contribution < 1.29 is 14.4 Å². The number of aliphatic imine (C=N–C) groups is 1. The smallest absolute Gasteiger partial charge is 0.245 e. The molecule has 1 aromatic heterocycles. The maximum atomic E-state index is 11.3. The predicted molar refractivity (Wildman–Crippen MR) is 116 cm³/mol. The highest BCUT2D eigenvalue weighted by molar-refractivity contribution is 6.32. The molecular weight excluding hydrogens is 390 g/mol. The van der Waals surface area contributed by atoms with Gasteiger partial charge in [0, 0.05) is 35.3 Å². The molecule has 0 fully saturated rings. The molecule has 0 aliphatic heterocycles. The number of aryl methyl sites for hydroxylation is 1. The second-order valence-electron chi connectivity index (χ2n) is 6.81. The molecule has 0 aliphatic rings. The topological polar surface area (TPSA) is 78.8 Å². The van der Waals surface area contributed by atoms with Crippen LogP contribution in [0.3, 0.4) is 0 Å². The van der Waals surface area contributed by atoms with Crippen LogP contribution in [-0.2, 0) is 11.9 Å². The molecule has 0 bridgehead atoms. The van der Waals surface area contributed by atoms with Crippen LogP contribution in [0.1, 0.15) is 35.3 Å². The summed E-state index contributed by atoms with van der Waals surface area (Å²) < 4.78 is 7.51. The molecule has 6 nitrogen and oxygen atoms in total. The monoisotopic (exact) mass is 411 g/mol. The van der Waals surface area contributed by atoms with E-state index in [0.717, 1.165) is 22.8 Å². The lowest BCUT2D eigenvalue weighted by molar-refractivity contribution is 0.112. The molecule has 0 aliphatic carbocycles. The van der Waals surface area contributed by atoms with Crippen LogP contribution in [-0.4, -0.2) is 22.9 Å². The minimum absolute atomic E-state index is 0.000875. The van der Waals surface area contributed by atoms with Gasteiger partial charge in [0.1, 0.15) is 5.75 Å². The van der Waals surface area contributed by atoms with E-state index in [1.807, 2.05) is 43.7 Å².